The lowest BCUT2D eigenvalue weighted by Gasteiger charge is -2.34. The zero-order valence-electron chi connectivity index (χ0n) is 8.70. The van der Waals surface area contributed by atoms with Gasteiger partial charge in [0, 0.05) is 5.69 Å². The van der Waals surface area contributed by atoms with E-state index in [0.29, 0.717) is 0 Å². The summed E-state index contributed by atoms with van der Waals surface area (Å²) in [6.07, 6.45) is 2.76. The van der Waals surface area contributed by atoms with Gasteiger partial charge in [-0.3, -0.25) is 0 Å². The molecule has 1 aromatic carbocycles. The molecular weight excluding hydrogens is 188 g/mol. The van der Waals surface area contributed by atoms with E-state index < -0.39 is 0 Å². The standard InChI is InChI=1S/C12H16N2O/c15-10-12(6-8-13-9-7-12)14-11-4-2-1-3-5-11/h1-5,10,13-14H,6-9H2. The summed E-state index contributed by atoms with van der Waals surface area (Å²) in [7, 11) is 0. The minimum Gasteiger partial charge on any atom is -0.373 e. The summed E-state index contributed by atoms with van der Waals surface area (Å²) in [5.41, 5.74) is 0.651. The number of carbonyl (C=O) groups is 1. The molecule has 1 aromatic rings. The lowest BCUT2D eigenvalue weighted by molar-refractivity contribution is -0.112. The van der Waals surface area contributed by atoms with E-state index in [9.17, 15) is 4.79 Å². The van der Waals surface area contributed by atoms with Crippen molar-refractivity contribution in [1.82, 2.24) is 5.32 Å². The number of aldehydes is 1. The molecular formula is C12H16N2O. The highest BCUT2D eigenvalue weighted by Gasteiger charge is 2.31. The van der Waals surface area contributed by atoms with E-state index in [-0.39, 0.29) is 5.54 Å². The molecule has 1 fully saturated rings. The van der Waals surface area contributed by atoms with Crippen LogP contribution in [0.15, 0.2) is 30.3 Å². The summed E-state index contributed by atoms with van der Waals surface area (Å²) in [5, 5.41) is 6.60. The number of carbonyl (C=O) groups excluding carboxylic acids is 1. The first-order valence-electron chi connectivity index (χ1n) is 5.35. The lowest BCUT2D eigenvalue weighted by Crippen LogP contribution is -2.48. The van der Waals surface area contributed by atoms with E-state index in [0.717, 1.165) is 37.9 Å². The van der Waals surface area contributed by atoms with Crippen molar-refractivity contribution in [3.8, 4) is 0 Å². The van der Waals surface area contributed by atoms with E-state index in [1.165, 1.54) is 0 Å². The van der Waals surface area contributed by atoms with Gasteiger partial charge >= 0.3 is 0 Å². The lowest BCUT2D eigenvalue weighted by atomic mass is 9.89. The Morgan fingerprint density at radius 1 is 1.20 bits per heavy atom. The smallest absolute Gasteiger partial charge is 0.145 e. The van der Waals surface area contributed by atoms with Crippen LogP contribution in [0.5, 0.6) is 0 Å². The Hall–Kier alpha value is -1.35. The number of para-hydroxylation sites is 1. The number of hydrogen-bond acceptors (Lipinski definition) is 3. The molecule has 0 aromatic heterocycles. The summed E-state index contributed by atoms with van der Waals surface area (Å²) in [4.78, 5) is 11.2. The number of anilines is 1. The maximum absolute atomic E-state index is 11.2. The highest BCUT2D eigenvalue weighted by molar-refractivity contribution is 5.71. The predicted molar refractivity (Wildman–Crippen MR) is 61.0 cm³/mol. The zero-order chi connectivity index (χ0) is 10.6. The van der Waals surface area contributed by atoms with Gasteiger partial charge in [0.1, 0.15) is 6.29 Å². The van der Waals surface area contributed by atoms with Crippen LogP contribution in [-0.2, 0) is 4.79 Å². The van der Waals surface area contributed by atoms with Crippen LogP contribution in [0.1, 0.15) is 12.8 Å². The second-order valence-corrected chi connectivity index (χ2v) is 4.02. The quantitative estimate of drug-likeness (QED) is 0.732. The minimum absolute atomic E-state index is 0.368. The molecule has 2 N–H and O–H groups in total. The van der Waals surface area contributed by atoms with Gasteiger partial charge < -0.3 is 15.4 Å². The molecule has 1 aliphatic rings. The third-order valence-electron chi connectivity index (χ3n) is 2.89. The van der Waals surface area contributed by atoms with Crippen molar-refractivity contribution in [1.29, 1.82) is 0 Å². The summed E-state index contributed by atoms with van der Waals surface area (Å²) < 4.78 is 0. The van der Waals surface area contributed by atoms with E-state index in [1.54, 1.807) is 0 Å². The minimum atomic E-state index is -0.368. The summed E-state index contributed by atoms with van der Waals surface area (Å²) in [6.45, 7) is 1.80. The van der Waals surface area contributed by atoms with Gasteiger partial charge in [0.05, 0.1) is 5.54 Å². The molecule has 0 aliphatic carbocycles. The Morgan fingerprint density at radius 3 is 2.47 bits per heavy atom. The largest absolute Gasteiger partial charge is 0.373 e. The van der Waals surface area contributed by atoms with Crippen LogP contribution in [0, 0.1) is 0 Å². The van der Waals surface area contributed by atoms with Gasteiger partial charge in [-0.2, -0.15) is 0 Å². The first-order chi connectivity index (χ1) is 7.35. The number of rotatable bonds is 3. The average molecular weight is 204 g/mol. The maximum atomic E-state index is 11.2. The van der Waals surface area contributed by atoms with Gasteiger partial charge in [-0.25, -0.2) is 0 Å². The van der Waals surface area contributed by atoms with Crippen LogP contribution < -0.4 is 10.6 Å². The first kappa shape index (κ1) is 10.2. The monoisotopic (exact) mass is 204 g/mol. The van der Waals surface area contributed by atoms with Crippen molar-refractivity contribution < 1.29 is 4.79 Å². The SMILES string of the molecule is O=CC1(Nc2ccccc2)CCNCC1. The highest BCUT2D eigenvalue weighted by Crippen LogP contribution is 2.21. The average Bonchev–Trinajstić information content (AvgIpc) is 2.32. The predicted octanol–water partition coefficient (Wildman–Crippen LogP) is 1.42. The molecule has 0 spiro atoms. The fourth-order valence-corrected chi connectivity index (χ4v) is 1.95. The number of benzene rings is 1. The zero-order valence-corrected chi connectivity index (χ0v) is 8.70. The van der Waals surface area contributed by atoms with Gasteiger partial charge in [-0.05, 0) is 38.1 Å². The molecule has 80 valence electrons. The van der Waals surface area contributed by atoms with Crippen LogP contribution in [0.4, 0.5) is 5.69 Å². The van der Waals surface area contributed by atoms with Gasteiger partial charge in [0.15, 0.2) is 0 Å². The van der Waals surface area contributed by atoms with Gasteiger partial charge in [-0.15, -0.1) is 0 Å². The van der Waals surface area contributed by atoms with E-state index in [1.807, 2.05) is 30.3 Å². The third-order valence-corrected chi connectivity index (χ3v) is 2.89. The number of piperidine rings is 1. The van der Waals surface area contributed by atoms with Crippen LogP contribution in [0.3, 0.4) is 0 Å². The molecule has 3 nitrogen and oxygen atoms in total. The summed E-state index contributed by atoms with van der Waals surface area (Å²) in [6, 6.07) is 9.91. The second-order valence-electron chi connectivity index (χ2n) is 4.02. The Labute approximate surface area is 89.9 Å². The van der Waals surface area contributed by atoms with Crippen LogP contribution in [0.2, 0.25) is 0 Å². The second kappa shape index (κ2) is 4.45. The van der Waals surface area contributed by atoms with Crippen molar-refractivity contribution in [2.45, 2.75) is 18.4 Å². The first-order valence-corrected chi connectivity index (χ1v) is 5.35. The Bertz CT molecular complexity index is 318. The molecule has 1 heterocycles. The van der Waals surface area contributed by atoms with Crippen molar-refractivity contribution >= 4 is 12.0 Å². The Kier molecular flexibility index (Phi) is 3.02. The molecule has 1 aliphatic heterocycles. The molecule has 0 amide bonds. The van der Waals surface area contributed by atoms with Crippen LogP contribution in [0.25, 0.3) is 0 Å². The van der Waals surface area contributed by atoms with Crippen molar-refractivity contribution in [3.05, 3.63) is 30.3 Å². The van der Waals surface area contributed by atoms with E-state index >= 15 is 0 Å². The summed E-state index contributed by atoms with van der Waals surface area (Å²) in [5.74, 6) is 0. The topological polar surface area (TPSA) is 41.1 Å². The van der Waals surface area contributed by atoms with Gasteiger partial charge in [0.2, 0.25) is 0 Å². The van der Waals surface area contributed by atoms with Crippen molar-refractivity contribution in [2.75, 3.05) is 18.4 Å². The number of nitrogens with one attached hydrogen (secondary N) is 2. The Balaban J connectivity index is 2.10. The van der Waals surface area contributed by atoms with Crippen molar-refractivity contribution in [2.24, 2.45) is 0 Å². The van der Waals surface area contributed by atoms with Gasteiger partial charge in [-0.1, -0.05) is 18.2 Å². The number of hydrogen-bond donors (Lipinski definition) is 2. The fourth-order valence-electron chi connectivity index (χ4n) is 1.95. The van der Waals surface area contributed by atoms with E-state index in [2.05, 4.69) is 10.6 Å². The molecule has 0 atom stereocenters. The fraction of sp³-hybridized carbons (Fsp3) is 0.417. The molecule has 1 saturated heterocycles. The van der Waals surface area contributed by atoms with E-state index in [4.69, 9.17) is 0 Å². The molecule has 0 unspecified atom stereocenters. The van der Waals surface area contributed by atoms with Crippen LogP contribution in [-0.4, -0.2) is 24.9 Å². The Morgan fingerprint density at radius 2 is 1.87 bits per heavy atom. The third kappa shape index (κ3) is 2.36. The molecule has 0 bridgehead atoms. The molecule has 3 heteroatoms. The molecule has 0 radical (unpaired) electrons. The normalized spacial score (nSPS) is 19.5. The molecule has 2 rings (SSSR count). The van der Waals surface area contributed by atoms with Gasteiger partial charge in [0.25, 0.3) is 0 Å². The van der Waals surface area contributed by atoms with Crippen molar-refractivity contribution in [3.63, 3.8) is 0 Å². The maximum Gasteiger partial charge on any atom is 0.145 e. The highest BCUT2D eigenvalue weighted by atomic mass is 16.1. The summed E-state index contributed by atoms with van der Waals surface area (Å²) >= 11 is 0. The van der Waals surface area contributed by atoms with Crippen LogP contribution >= 0.6 is 0 Å². The molecule has 0 saturated carbocycles. The molecule has 15 heavy (non-hydrogen) atoms.